The van der Waals surface area contributed by atoms with Crippen LogP contribution in [0.4, 0.5) is 5.69 Å². The Kier molecular flexibility index (Phi) is 7.19. The van der Waals surface area contributed by atoms with Crippen LogP contribution in [-0.4, -0.2) is 4.92 Å². The molecule has 172 valence electrons. The van der Waals surface area contributed by atoms with E-state index >= 15 is 0 Å². The van der Waals surface area contributed by atoms with E-state index in [-0.39, 0.29) is 11.4 Å². The standard InChI is InChI=1S/C27H25NO5P/c1-3-4-9-20-13-16-22(17-14-20)32-34(31)33-27-23-11-6-5-10-21(23)15-18-24(27)26-19(2)8-7-12-25(26)28(29)30/h5-8,10-18H,3-4,9H2,1-2H3/q+1. The average Bonchev–Trinajstić information content (AvgIpc) is 2.84. The molecule has 1 unspecified atom stereocenters. The zero-order valence-corrected chi connectivity index (χ0v) is 20.0. The molecule has 7 heteroatoms. The monoisotopic (exact) mass is 474 g/mol. The van der Waals surface area contributed by atoms with E-state index in [1.807, 2.05) is 42.5 Å². The summed E-state index contributed by atoms with van der Waals surface area (Å²) in [6, 6.07) is 23.5. The van der Waals surface area contributed by atoms with Gasteiger partial charge in [0.15, 0.2) is 5.75 Å². The van der Waals surface area contributed by atoms with E-state index in [0.29, 0.717) is 27.8 Å². The van der Waals surface area contributed by atoms with Crippen LogP contribution in [0, 0.1) is 17.0 Å². The Morgan fingerprint density at radius 1 is 0.912 bits per heavy atom. The molecule has 0 radical (unpaired) electrons. The fraction of sp³-hybridized carbons (Fsp3) is 0.185. The summed E-state index contributed by atoms with van der Waals surface area (Å²) in [5, 5.41) is 13.3. The third kappa shape index (κ3) is 5.08. The fourth-order valence-corrected chi connectivity index (χ4v) is 4.65. The highest BCUT2D eigenvalue weighted by atomic mass is 31.1. The van der Waals surface area contributed by atoms with Crippen LogP contribution in [0.5, 0.6) is 11.5 Å². The minimum Gasteiger partial charge on any atom is -0.258 e. The van der Waals surface area contributed by atoms with Crippen LogP contribution >= 0.6 is 8.25 Å². The van der Waals surface area contributed by atoms with E-state index in [9.17, 15) is 14.7 Å². The summed E-state index contributed by atoms with van der Waals surface area (Å²) >= 11 is 0. The molecule has 0 bridgehead atoms. The molecular formula is C27H25NO5P+. The molecule has 0 saturated heterocycles. The van der Waals surface area contributed by atoms with E-state index < -0.39 is 13.2 Å². The Bertz CT molecular complexity index is 1350. The van der Waals surface area contributed by atoms with Crippen LogP contribution in [-0.2, 0) is 11.0 Å². The number of aryl methyl sites for hydroxylation is 2. The smallest absolute Gasteiger partial charge is 0.258 e. The lowest BCUT2D eigenvalue weighted by molar-refractivity contribution is -0.384. The van der Waals surface area contributed by atoms with E-state index in [1.54, 1.807) is 37.3 Å². The number of nitro benzene ring substituents is 1. The second-order valence-electron chi connectivity index (χ2n) is 8.04. The van der Waals surface area contributed by atoms with Gasteiger partial charge < -0.3 is 0 Å². The van der Waals surface area contributed by atoms with Crippen molar-refractivity contribution in [1.82, 2.24) is 0 Å². The topological polar surface area (TPSA) is 78.7 Å². The van der Waals surface area contributed by atoms with Crippen molar-refractivity contribution in [2.24, 2.45) is 0 Å². The SMILES string of the molecule is CCCCc1ccc(O[P+](=O)Oc2c(-c3c(C)cccc3[N+](=O)[O-])ccc3ccccc23)cc1. The van der Waals surface area contributed by atoms with Crippen LogP contribution in [0.15, 0.2) is 78.9 Å². The number of benzene rings is 4. The molecule has 4 rings (SSSR count). The number of fused-ring (bicyclic) bond motifs is 1. The quantitative estimate of drug-likeness (QED) is 0.139. The maximum atomic E-state index is 12.9. The van der Waals surface area contributed by atoms with Gasteiger partial charge in [-0.2, -0.15) is 0 Å². The first-order chi connectivity index (χ1) is 16.5. The lowest BCUT2D eigenvalue weighted by atomic mass is 9.95. The first-order valence-electron chi connectivity index (χ1n) is 11.2. The number of nitro groups is 1. The van der Waals surface area contributed by atoms with Gasteiger partial charge in [-0.1, -0.05) is 67.9 Å². The normalized spacial score (nSPS) is 11.3. The van der Waals surface area contributed by atoms with E-state index in [0.717, 1.165) is 24.6 Å². The number of nitrogens with zero attached hydrogens (tertiary/aromatic N) is 1. The minimum absolute atomic E-state index is 0.0426. The van der Waals surface area contributed by atoms with Gasteiger partial charge in [-0.05, 0) is 54.5 Å². The summed E-state index contributed by atoms with van der Waals surface area (Å²) in [5.41, 5.74) is 2.78. The predicted molar refractivity (Wildman–Crippen MR) is 135 cm³/mol. The third-order valence-corrected chi connectivity index (χ3v) is 6.38. The van der Waals surface area contributed by atoms with Crippen molar-refractivity contribution < 1.29 is 18.5 Å². The van der Waals surface area contributed by atoms with E-state index in [4.69, 9.17) is 9.05 Å². The first-order valence-corrected chi connectivity index (χ1v) is 12.3. The lowest BCUT2D eigenvalue weighted by Crippen LogP contribution is -1.98. The molecule has 4 aromatic rings. The van der Waals surface area contributed by atoms with Crippen LogP contribution in [0.1, 0.15) is 30.9 Å². The van der Waals surface area contributed by atoms with Gasteiger partial charge in [-0.15, -0.1) is 0 Å². The Morgan fingerprint density at radius 3 is 2.41 bits per heavy atom. The molecule has 0 aliphatic heterocycles. The number of unbranched alkanes of at least 4 members (excludes halogenated alkanes) is 1. The molecule has 0 aliphatic rings. The molecular weight excluding hydrogens is 449 g/mol. The van der Waals surface area contributed by atoms with Gasteiger partial charge in [0.05, 0.1) is 10.5 Å². The summed E-state index contributed by atoms with van der Waals surface area (Å²) in [7, 11) is -2.59. The number of rotatable bonds is 9. The largest absolute Gasteiger partial charge is 0.805 e. The van der Waals surface area contributed by atoms with Gasteiger partial charge >= 0.3 is 8.25 Å². The fourth-order valence-electron chi connectivity index (χ4n) is 3.97. The molecule has 0 spiro atoms. The number of hydrogen-bond donors (Lipinski definition) is 0. The predicted octanol–water partition coefficient (Wildman–Crippen LogP) is 8.18. The highest BCUT2D eigenvalue weighted by Gasteiger charge is 2.30. The second-order valence-corrected chi connectivity index (χ2v) is 8.86. The van der Waals surface area contributed by atoms with E-state index in [1.165, 1.54) is 11.6 Å². The van der Waals surface area contributed by atoms with Gasteiger partial charge in [-0.3, -0.25) is 10.1 Å². The zero-order chi connectivity index (χ0) is 24.1. The molecule has 6 nitrogen and oxygen atoms in total. The Labute approximate surface area is 199 Å². The maximum Gasteiger partial charge on any atom is 0.805 e. The molecule has 0 aromatic heterocycles. The minimum atomic E-state index is -2.59. The molecule has 0 amide bonds. The Hall–Kier alpha value is -3.76. The van der Waals surface area contributed by atoms with Crippen molar-refractivity contribution in [2.75, 3.05) is 0 Å². The van der Waals surface area contributed by atoms with Crippen LogP contribution < -0.4 is 9.05 Å². The van der Waals surface area contributed by atoms with Gasteiger partial charge in [0.2, 0.25) is 5.75 Å². The molecule has 0 N–H and O–H groups in total. The van der Waals surface area contributed by atoms with Crippen LogP contribution in [0.25, 0.3) is 21.9 Å². The second kappa shape index (κ2) is 10.4. The van der Waals surface area contributed by atoms with E-state index in [2.05, 4.69) is 6.92 Å². The summed E-state index contributed by atoms with van der Waals surface area (Å²) in [4.78, 5) is 11.3. The van der Waals surface area contributed by atoms with Crippen molar-refractivity contribution in [3.05, 3.63) is 100 Å². The highest BCUT2D eigenvalue weighted by molar-refractivity contribution is 7.34. The summed E-state index contributed by atoms with van der Waals surface area (Å²) in [6.07, 6.45) is 3.20. The number of hydrogen-bond acceptors (Lipinski definition) is 5. The van der Waals surface area contributed by atoms with Gasteiger partial charge in [0.1, 0.15) is 0 Å². The molecule has 34 heavy (non-hydrogen) atoms. The van der Waals surface area contributed by atoms with Crippen molar-refractivity contribution >= 4 is 24.7 Å². The zero-order valence-electron chi connectivity index (χ0n) is 19.1. The summed E-state index contributed by atoms with van der Waals surface area (Å²) in [6.45, 7) is 3.95. The summed E-state index contributed by atoms with van der Waals surface area (Å²) in [5.74, 6) is 0.723. The lowest BCUT2D eigenvalue weighted by Gasteiger charge is -2.11. The Balaban J connectivity index is 1.71. The molecule has 0 aliphatic carbocycles. The Morgan fingerprint density at radius 2 is 1.68 bits per heavy atom. The highest BCUT2D eigenvalue weighted by Crippen LogP contribution is 2.45. The van der Waals surface area contributed by atoms with Crippen molar-refractivity contribution in [1.29, 1.82) is 0 Å². The van der Waals surface area contributed by atoms with Gasteiger partial charge in [0.25, 0.3) is 5.69 Å². The summed E-state index contributed by atoms with van der Waals surface area (Å²) < 4.78 is 24.4. The van der Waals surface area contributed by atoms with Crippen molar-refractivity contribution in [3.8, 4) is 22.6 Å². The molecule has 1 atom stereocenters. The van der Waals surface area contributed by atoms with Crippen LogP contribution in [0.3, 0.4) is 0 Å². The first kappa shape index (κ1) is 23.4. The molecule has 0 fully saturated rings. The maximum absolute atomic E-state index is 12.9. The third-order valence-electron chi connectivity index (χ3n) is 5.68. The molecule has 0 saturated carbocycles. The van der Waals surface area contributed by atoms with Crippen molar-refractivity contribution in [3.63, 3.8) is 0 Å². The van der Waals surface area contributed by atoms with Crippen LogP contribution in [0.2, 0.25) is 0 Å². The molecule has 4 aromatic carbocycles. The van der Waals surface area contributed by atoms with Gasteiger partial charge in [-0.25, -0.2) is 9.05 Å². The van der Waals surface area contributed by atoms with Crippen molar-refractivity contribution in [2.45, 2.75) is 33.1 Å². The van der Waals surface area contributed by atoms with Gasteiger partial charge in [0, 0.05) is 21.6 Å². The average molecular weight is 474 g/mol. The molecule has 0 heterocycles.